The summed E-state index contributed by atoms with van der Waals surface area (Å²) in [7, 11) is -4.42. The van der Waals surface area contributed by atoms with Crippen LogP contribution in [0.3, 0.4) is 0 Å². The van der Waals surface area contributed by atoms with E-state index < -0.39 is 28.8 Å². The van der Waals surface area contributed by atoms with Crippen LogP contribution >= 0.6 is 11.6 Å². The Kier molecular flexibility index (Phi) is 6.68. The van der Waals surface area contributed by atoms with Gasteiger partial charge in [-0.15, -0.1) is 0 Å². The number of hydrogen-bond acceptors (Lipinski definition) is 3. The number of alkyl halides is 3. The molecule has 0 saturated carbocycles. The van der Waals surface area contributed by atoms with Crippen LogP contribution in [-0.4, -0.2) is 27.2 Å². The number of benzene rings is 2. The van der Waals surface area contributed by atoms with Crippen molar-refractivity contribution in [2.45, 2.75) is 44.8 Å². The average Bonchev–Trinajstić information content (AvgIpc) is 2.50. The molecule has 0 spiro atoms. The van der Waals surface area contributed by atoms with Crippen molar-refractivity contribution in [1.29, 1.82) is 0 Å². The molecule has 0 aliphatic carbocycles. The fraction of sp³-hybridized carbons (Fsp3) is 0.368. The smallest absolute Gasteiger partial charge is 0.408 e. The number of nitrogens with one attached hydrogen (secondary N) is 1. The summed E-state index contributed by atoms with van der Waals surface area (Å²) < 4.78 is 72.6. The predicted molar refractivity (Wildman–Crippen MR) is 103 cm³/mol. The van der Waals surface area contributed by atoms with Gasteiger partial charge in [0.05, 0.1) is 9.92 Å². The van der Waals surface area contributed by atoms with E-state index in [9.17, 15) is 21.6 Å². The van der Waals surface area contributed by atoms with Crippen molar-refractivity contribution in [3.05, 3.63) is 57.6 Å². The largest absolute Gasteiger partial charge is 0.490 e. The Bertz CT molecular complexity index is 952. The van der Waals surface area contributed by atoms with Crippen LogP contribution in [-0.2, 0) is 10.0 Å². The summed E-state index contributed by atoms with van der Waals surface area (Å²) in [6, 6.07) is 5.39. The molecule has 0 amide bonds. The Hall–Kier alpha value is -1.77. The molecule has 0 aromatic heterocycles. The fourth-order valence-corrected chi connectivity index (χ4v) is 4.88. The van der Waals surface area contributed by atoms with Gasteiger partial charge in [-0.3, -0.25) is 0 Å². The maximum atomic E-state index is 13.5. The minimum atomic E-state index is -4.85. The molecule has 1 N–H and O–H groups in total. The van der Waals surface area contributed by atoms with Crippen molar-refractivity contribution in [1.82, 2.24) is 4.72 Å². The van der Waals surface area contributed by atoms with Gasteiger partial charge in [-0.05, 0) is 56.5 Å². The third-order valence-corrected chi connectivity index (χ3v) is 6.13. The molecule has 2 rings (SSSR count). The van der Waals surface area contributed by atoms with Crippen LogP contribution < -0.4 is 9.46 Å². The molecule has 154 valence electrons. The molecule has 4 nitrogen and oxygen atoms in total. The van der Waals surface area contributed by atoms with Crippen molar-refractivity contribution >= 4 is 21.6 Å². The molecule has 0 aliphatic heterocycles. The second kappa shape index (κ2) is 8.31. The maximum Gasteiger partial charge on any atom is 0.408 e. The first-order chi connectivity index (χ1) is 12.8. The summed E-state index contributed by atoms with van der Waals surface area (Å²) in [6.45, 7) is 5.69. The average molecular weight is 436 g/mol. The van der Waals surface area contributed by atoms with Crippen LogP contribution in [0.2, 0.25) is 5.02 Å². The molecular formula is C19H21ClF3NO3S. The lowest BCUT2D eigenvalue weighted by Gasteiger charge is -2.23. The second-order valence-electron chi connectivity index (χ2n) is 6.69. The van der Waals surface area contributed by atoms with Crippen LogP contribution in [0.5, 0.6) is 5.75 Å². The van der Waals surface area contributed by atoms with Gasteiger partial charge in [0.25, 0.3) is 0 Å². The molecule has 0 aliphatic rings. The summed E-state index contributed by atoms with van der Waals surface area (Å²) in [5.41, 5.74) is 2.37. The van der Waals surface area contributed by atoms with E-state index in [1.165, 1.54) is 6.07 Å². The standard InChI is InChI=1S/C19H21ClF3NO3S/c1-11-5-6-16(15(20)9-11)27-10-17(19(21,22)23)24-28(25,26)18-13(3)7-12(2)8-14(18)4/h5-9,17,24H,10H2,1-4H3. The molecule has 1 unspecified atom stereocenters. The minimum absolute atomic E-state index is 0.0448. The molecule has 0 heterocycles. The van der Waals surface area contributed by atoms with Gasteiger partial charge >= 0.3 is 6.18 Å². The number of hydrogen-bond donors (Lipinski definition) is 1. The van der Waals surface area contributed by atoms with Crippen LogP contribution in [0.1, 0.15) is 22.3 Å². The van der Waals surface area contributed by atoms with E-state index in [1.807, 2.05) is 0 Å². The zero-order chi connectivity index (χ0) is 21.3. The lowest BCUT2D eigenvalue weighted by molar-refractivity contribution is -0.157. The second-order valence-corrected chi connectivity index (χ2v) is 8.75. The highest BCUT2D eigenvalue weighted by molar-refractivity contribution is 7.89. The molecule has 2 aromatic rings. The van der Waals surface area contributed by atoms with Gasteiger partial charge < -0.3 is 4.74 Å². The first-order valence-electron chi connectivity index (χ1n) is 8.37. The maximum absolute atomic E-state index is 13.5. The van der Waals surface area contributed by atoms with E-state index in [-0.39, 0.29) is 15.7 Å². The number of rotatable bonds is 6. The first kappa shape index (κ1) is 22.5. The SMILES string of the molecule is Cc1cc(C)c(S(=O)(=O)NC(COc2ccc(C)cc2Cl)C(F)(F)F)c(C)c1. The minimum Gasteiger partial charge on any atom is -0.490 e. The highest BCUT2D eigenvalue weighted by atomic mass is 35.5. The van der Waals surface area contributed by atoms with Gasteiger partial charge in [0.15, 0.2) is 6.04 Å². The first-order valence-corrected chi connectivity index (χ1v) is 10.2. The Morgan fingerprint density at radius 1 is 1.04 bits per heavy atom. The summed E-state index contributed by atoms with van der Waals surface area (Å²) >= 11 is 5.97. The highest BCUT2D eigenvalue weighted by Crippen LogP contribution is 2.29. The molecule has 9 heteroatoms. The number of halogens is 4. The molecule has 2 aromatic carbocycles. The third kappa shape index (κ3) is 5.40. The predicted octanol–water partition coefficient (Wildman–Crippen LogP) is 4.86. The summed E-state index contributed by atoms with van der Waals surface area (Å²) in [6.07, 6.45) is -4.85. The van der Waals surface area contributed by atoms with E-state index in [0.717, 1.165) is 11.1 Å². The van der Waals surface area contributed by atoms with E-state index in [4.69, 9.17) is 16.3 Å². The van der Waals surface area contributed by atoms with Gasteiger partial charge in [-0.2, -0.15) is 17.9 Å². The van der Waals surface area contributed by atoms with Crippen molar-refractivity contribution < 1.29 is 26.3 Å². The Balaban J connectivity index is 2.29. The van der Waals surface area contributed by atoms with Crippen molar-refractivity contribution in [3.8, 4) is 5.75 Å². The van der Waals surface area contributed by atoms with Gasteiger partial charge in [-0.1, -0.05) is 35.4 Å². The van der Waals surface area contributed by atoms with E-state index in [1.54, 1.807) is 56.7 Å². The van der Waals surface area contributed by atoms with Crippen molar-refractivity contribution in [3.63, 3.8) is 0 Å². The molecule has 0 saturated heterocycles. The molecule has 28 heavy (non-hydrogen) atoms. The fourth-order valence-electron chi connectivity index (χ4n) is 2.93. The number of aryl methyl sites for hydroxylation is 4. The van der Waals surface area contributed by atoms with Crippen LogP contribution in [0.15, 0.2) is 35.2 Å². The summed E-state index contributed by atoms with van der Waals surface area (Å²) in [5.74, 6) is 0.0448. The van der Waals surface area contributed by atoms with Gasteiger partial charge in [0.1, 0.15) is 12.4 Å². The van der Waals surface area contributed by atoms with E-state index >= 15 is 0 Å². The molecule has 0 fully saturated rings. The topological polar surface area (TPSA) is 55.4 Å². The lowest BCUT2D eigenvalue weighted by atomic mass is 10.1. The molecule has 0 bridgehead atoms. The molecule has 1 atom stereocenters. The van der Waals surface area contributed by atoms with Crippen molar-refractivity contribution in [2.24, 2.45) is 0 Å². The zero-order valence-electron chi connectivity index (χ0n) is 15.8. The van der Waals surface area contributed by atoms with Gasteiger partial charge in [0.2, 0.25) is 10.0 Å². The van der Waals surface area contributed by atoms with E-state index in [0.29, 0.717) is 11.1 Å². The number of ether oxygens (including phenoxy) is 1. The summed E-state index contributed by atoms with van der Waals surface area (Å²) in [4.78, 5) is -0.166. The highest BCUT2D eigenvalue weighted by Gasteiger charge is 2.43. The Labute approximate surface area is 167 Å². The van der Waals surface area contributed by atoms with Crippen molar-refractivity contribution in [2.75, 3.05) is 6.61 Å². The molecular weight excluding hydrogens is 415 g/mol. The monoisotopic (exact) mass is 435 g/mol. The lowest BCUT2D eigenvalue weighted by Crippen LogP contribution is -2.49. The van der Waals surface area contributed by atoms with Gasteiger partial charge in [-0.25, -0.2) is 8.42 Å². The zero-order valence-corrected chi connectivity index (χ0v) is 17.4. The molecule has 0 radical (unpaired) electrons. The summed E-state index contributed by atoms with van der Waals surface area (Å²) in [5, 5.41) is 0.147. The van der Waals surface area contributed by atoms with Crippen LogP contribution in [0, 0.1) is 27.7 Å². The van der Waals surface area contributed by atoms with Gasteiger partial charge in [0, 0.05) is 0 Å². The van der Waals surface area contributed by atoms with Crippen LogP contribution in [0.4, 0.5) is 13.2 Å². The normalized spacial score (nSPS) is 13.4. The number of sulfonamides is 1. The Morgan fingerprint density at radius 3 is 2.11 bits per heavy atom. The van der Waals surface area contributed by atoms with E-state index in [2.05, 4.69) is 0 Å². The Morgan fingerprint density at radius 2 is 1.61 bits per heavy atom. The third-order valence-electron chi connectivity index (χ3n) is 4.06. The quantitative estimate of drug-likeness (QED) is 0.704. The van der Waals surface area contributed by atoms with Crippen LogP contribution in [0.25, 0.3) is 0 Å².